The molecule has 0 aliphatic carbocycles. The van der Waals surface area contributed by atoms with Gasteiger partial charge in [0.1, 0.15) is 0 Å². The lowest BCUT2D eigenvalue weighted by atomic mass is 10.4. The molecule has 0 atom stereocenters. The zero-order valence-corrected chi connectivity index (χ0v) is 8.33. The lowest BCUT2D eigenvalue weighted by Gasteiger charge is -2.06. The molecule has 0 radical (unpaired) electrons. The van der Waals surface area contributed by atoms with E-state index in [-0.39, 0.29) is 5.76 Å². The van der Waals surface area contributed by atoms with Crippen LogP contribution in [0.5, 0.6) is 0 Å². The number of carbonyl (C=O) groups excluding carboxylic acids is 1. The van der Waals surface area contributed by atoms with Crippen LogP contribution in [0.25, 0.3) is 0 Å². The van der Waals surface area contributed by atoms with E-state index < -0.39 is 5.97 Å². The predicted molar refractivity (Wildman–Crippen MR) is 47.7 cm³/mol. The second-order valence-electron chi connectivity index (χ2n) is 2.19. The van der Waals surface area contributed by atoms with Crippen LogP contribution in [0.15, 0.2) is 11.8 Å². The lowest BCUT2D eigenvalue weighted by molar-refractivity contribution is -0.268. The molecule has 0 unspecified atom stereocenters. The Morgan fingerprint density at radius 1 is 1.23 bits per heavy atom. The van der Waals surface area contributed by atoms with Gasteiger partial charge in [-0.3, -0.25) is 4.89 Å². The van der Waals surface area contributed by atoms with Crippen molar-refractivity contribution < 1.29 is 19.3 Å². The van der Waals surface area contributed by atoms with Crippen LogP contribution in [0.2, 0.25) is 0 Å². The number of hydrogen-bond acceptors (Lipinski definition) is 4. The summed E-state index contributed by atoms with van der Waals surface area (Å²) >= 11 is 0. The number of carbonyl (C=O) groups is 1. The van der Waals surface area contributed by atoms with E-state index in [0.29, 0.717) is 13.2 Å². The van der Waals surface area contributed by atoms with Crippen molar-refractivity contribution in [2.75, 3.05) is 13.2 Å². The SMILES string of the molecule is CCC=C(OCC)C(=O)OOCC. The maximum absolute atomic E-state index is 11.1. The molecule has 0 fully saturated rings. The molecule has 0 saturated heterocycles. The molecule has 0 aromatic rings. The van der Waals surface area contributed by atoms with E-state index in [2.05, 4.69) is 9.78 Å². The normalized spacial score (nSPS) is 11.2. The van der Waals surface area contributed by atoms with Crippen LogP contribution >= 0.6 is 0 Å². The molecule has 13 heavy (non-hydrogen) atoms. The Morgan fingerprint density at radius 3 is 2.38 bits per heavy atom. The van der Waals surface area contributed by atoms with Crippen molar-refractivity contribution in [3.63, 3.8) is 0 Å². The van der Waals surface area contributed by atoms with Crippen LogP contribution in [0.1, 0.15) is 27.2 Å². The van der Waals surface area contributed by atoms with Crippen molar-refractivity contribution in [2.45, 2.75) is 27.2 Å². The summed E-state index contributed by atoms with van der Waals surface area (Å²) in [6.45, 7) is 6.21. The van der Waals surface area contributed by atoms with E-state index in [4.69, 9.17) is 4.74 Å². The first-order valence-corrected chi connectivity index (χ1v) is 4.42. The first-order valence-electron chi connectivity index (χ1n) is 4.42. The van der Waals surface area contributed by atoms with Crippen molar-refractivity contribution in [1.82, 2.24) is 0 Å². The molecule has 0 aliphatic heterocycles. The van der Waals surface area contributed by atoms with E-state index in [9.17, 15) is 4.79 Å². The highest BCUT2D eigenvalue weighted by atomic mass is 17.2. The topological polar surface area (TPSA) is 44.8 Å². The van der Waals surface area contributed by atoms with Crippen molar-refractivity contribution in [3.05, 3.63) is 11.8 Å². The third kappa shape index (κ3) is 5.25. The van der Waals surface area contributed by atoms with Gasteiger partial charge in [0.2, 0.25) is 5.76 Å². The Hall–Kier alpha value is -1.03. The lowest BCUT2D eigenvalue weighted by Crippen LogP contribution is -2.11. The molecular weight excluding hydrogens is 172 g/mol. The van der Waals surface area contributed by atoms with Crippen LogP contribution in [0.3, 0.4) is 0 Å². The molecule has 4 nitrogen and oxygen atoms in total. The number of allylic oxidation sites excluding steroid dienone is 1. The van der Waals surface area contributed by atoms with Crippen molar-refractivity contribution in [2.24, 2.45) is 0 Å². The molecule has 0 amide bonds. The molecule has 0 aromatic carbocycles. The molecule has 4 heteroatoms. The Balaban J connectivity index is 4.04. The summed E-state index contributed by atoms with van der Waals surface area (Å²) in [5.74, 6) is -0.371. The quantitative estimate of drug-likeness (QED) is 0.276. The Bertz CT molecular complexity index is 174. The number of ether oxygens (including phenoxy) is 1. The monoisotopic (exact) mass is 188 g/mol. The predicted octanol–water partition coefficient (Wildman–Crippen LogP) is 1.81. The van der Waals surface area contributed by atoms with Gasteiger partial charge in [-0.1, -0.05) is 6.92 Å². The molecule has 0 N–H and O–H groups in total. The molecule has 76 valence electrons. The van der Waals surface area contributed by atoms with Gasteiger partial charge in [-0.25, -0.2) is 4.79 Å². The van der Waals surface area contributed by atoms with Crippen molar-refractivity contribution >= 4 is 5.97 Å². The number of hydrogen-bond donors (Lipinski definition) is 0. The van der Waals surface area contributed by atoms with Gasteiger partial charge in [0.15, 0.2) is 0 Å². The summed E-state index contributed by atoms with van der Waals surface area (Å²) in [6, 6.07) is 0. The standard InChI is InChI=1S/C9H16O4/c1-4-7-8(11-5-2)9(10)13-12-6-3/h7H,4-6H2,1-3H3. The Morgan fingerprint density at radius 2 is 1.92 bits per heavy atom. The van der Waals surface area contributed by atoms with Crippen molar-refractivity contribution in [1.29, 1.82) is 0 Å². The first kappa shape index (κ1) is 12.0. The average Bonchev–Trinajstić information content (AvgIpc) is 2.14. The minimum absolute atomic E-state index is 0.207. The second kappa shape index (κ2) is 7.61. The van der Waals surface area contributed by atoms with Crippen LogP contribution in [0, 0.1) is 0 Å². The van der Waals surface area contributed by atoms with Gasteiger partial charge >= 0.3 is 5.97 Å². The number of rotatable bonds is 6. The average molecular weight is 188 g/mol. The summed E-state index contributed by atoms with van der Waals surface area (Å²) in [4.78, 5) is 20.1. The maximum Gasteiger partial charge on any atom is 0.406 e. The minimum Gasteiger partial charge on any atom is -0.487 e. The van der Waals surface area contributed by atoms with Crippen LogP contribution in [0.4, 0.5) is 0 Å². The fraction of sp³-hybridized carbons (Fsp3) is 0.667. The highest BCUT2D eigenvalue weighted by Crippen LogP contribution is 2.02. The van der Waals surface area contributed by atoms with Crippen LogP contribution in [-0.4, -0.2) is 19.2 Å². The molecule has 0 aromatic heterocycles. The van der Waals surface area contributed by atoms with Crippen molar-refractivity contribution in [3.8, 4) is 0 Å². The fourth-order valence-electron chi connectivity index (χ4n) is 0.696. The second-order valence-corrected chi connectivity index (χ2v) is 2.19. The first-order chi connectivity index (χ1) is 6.26. The largest absolute Gasteiger partial charge is 0.487 e. The van der Waals surface area contributed by atoms with E-state index in [1.165, 1.54) is 0 Å². The highest BCUT2D eigenvalue weighted by molar-refractivity contribution is 5.85. The molecule has 0 saturated carbocycles. The van der Waals surface area contributed by atoms with Gasteiger partial charge in [-0.2, -0.15) is 4.89 Å². The summed E-state index contributed by atoms with van der Waals surface area (Å²) in [5.41, 5.74) is 0. The Kier molecular flexibility index (Phi) is 7.01. The van der Waals surface area contributed by atoms with E-state index in [1.807, 2.05) is 6.92 Å². The molecule has 0 spiro atoms. The van der Waals surface area contributed by atoms with Gasteiger partial charge < -0.3 is 4.74 Å². The summed E-state index contributed by atoms with van der Waals surface area (Å²) < 4.78 is 5.05. The fourth-order valence-corrected chi connectivity index (χ4v) is 0.696. The maximum atomic E-state index is 11.1. The summed E-state index contributed by atoms with van der Waals surface area (Å²) in [5, 5.41) is 0. The van der Waals surface area contributed by atoms with E-state index in [0.717, 1.165) is 6.42 Å². The molecule has 0 aliphatic rings. The zero-order chi connectivity index (χ0) is 10.1. The van der Waals surface area contributed by atoms with Gasteiger partial charge in [0, 0.05) is 0 Å². The third-order valence-electron chi connectivity index (χ3n) is 1.14. The minimum atomic E-state index is -0.578. The molecule has 0 heterocycles. The Labute approximate surface area is 78.4 Å². The van der Waals surface area contributed by atoms with Gasteiger partial charge in [-0.15, -0.1) is 0 Å². The summed E-state index contributed by atoms with van der Waals surface area (Å²) in [6.07, 6.45) is 2.38. The highest BCUT2D eigenvalue weighted by Gasteiger charge is 2.12. The van der Waals surface area contributed by atoms with Crippen LogP contribution < -0.4 is 0 Å². The zero-order valence-electron chi connectivity index (χ0n) is 8.33. The molecule has 0 rings (SSSR count). The van der Waals surface area contributed by atoms with E-state index >= 15 is 0 Å². The van der Waals surface area contributed by atoms with Gasteiger partial charge in [0.05, 0.1) is 13.2 Å². The molecule has 0 bridgehead atoms. The molecular formula is C9H16O4. The van der Waals surface area contributed by atoms with Gasteiger partial charge in [-0.05, 0) is 26.3 Å². The summed E-state index contributed by atoms with van der Waals surface area (Å²) in [7, 11) is 0. The smallest absolute Gasteiger partial charge is 0.406 e. The third-order valence-corrected chi connectivity index (χ3v) is 1.14. The van der Waals surface area contributed by atoms with Crippen LogP contribution in [-0.2, 0) is 19.3 Å². The van der Waals surface area contributed by atoms with E-state index in [1.54, 1.807) is 19.9 Å². The van der Waals surface area contributed by atoms with Gasteiger partial charge in [0.25, 0.3) is 0 Å².